The van der Waals surface area contributed by atoms with Crippen molar-refractivity contribution in [3.05, 3.63) is 94.3 Å². The second kappa shape index (κ2) is 11.5. The standard InChI is InChI=1S/C34H21Cl2F5N2O8/c1-51-18-7-3-6-17(44)20(18)21-14-8-9-15-19(29(46)42(28(15)45)13-5-2-4-12(10-13)30(47)48)16(14)11-33(35)31(49)43(32(50)34(21,33)36)27-25(40)23(38)22(37)24(39)26(27)41/h2-8,10,15-16,19,21,44H,9,11H2,1H3,(H,47,48). The number of halogens is 7. The summed E-state index contributed by atoms with van der Waals surface area (Å²) in [5, 5.41) is 20.7. The number of rotatable bonds is 5. The number of hydrogen-bond donors (Lipinski definition) is 2. The van der Waals surface area contributed by atoms with Gasteiger partial charge in [-0.3, -0.25) is 24.1 Å². The number of fused-ring (bicyclic) bond motifs is 4. The molecule has 2 saturated heterocycles. The molecule has 6 atom stereocenters. The van der Waals surface area contributed by atoms with E-state index >= 15 is 8.78 Å². The maximum Gasteiger partial charge on any atom is 0.335 e. The van der Waals surface area contributed by atoms with Gasteiger partial charge in [0.2, 0.25) is 17.6 Å². The number of carbonyl (C=O) groups is 5. The van der Waals surface area contributed by atoms with E-state index in [9.17, 15) is 47.4 Å². The highest BCUT2D eigenvalue weighted by molar-refractivity contribution is 6.58. The molecule has 2 N–H and O–H groups in total. The van der Waals surface area contributed by atoms with Crippen LogP contribution >= 0.6 is 23.2 Å². The molecule has 0 bridgehead atoms. The van der Waals surface area contributed by atoms with Crippen LogP contribution in [-0.2, 0) is 19.2 Å². The molecule has 2 heterocycles. The molecule has 0 radical (unpaired) electrons. The van der Waals surface area contributed by atoms with Gasteiger partial charge in [0.1, 0.15) is 17.2 Å². The minimum Gasteiger partial charge on any atom is -0.508 e. The summed E-state index contributed by atoms with van der Waals surface area (Å²) in [4.78, 5) is 63.2. The first-order chi connectivity index (χ1) is 24.0. The highest BCUT2D eigenvalue weighted by Crippen LogP contribution is 2.67. The largest absolute Gasteiger partial charge is 0.508 e. The number of carbonyl (C=O) groups excluding carboxylic acids is 4. The quantitative estimate of drug-likeness (QED) is 0.0863. The lowest BCUT2D eigenvalue weighted by atomic mass is 9.56. The van der Waals surface area contributed by atoms with Crippen LogP contribution in [0.3, 0.4) is 0 Å². The minimum absolute atomic E-state index is 0.0764. The third-order valence-electron chi connectivity index (χ3n) is 10.1. The first-order valence-electron chi connectivity index (χ1n) is 15.1. The summed E-state index contributed by atoms with van der Waals surface area (Å²) in [5.41, 5.74) is -2.43. The zero-order chi connectivity index (χ0) is 37.1. The number of anilines is 2. The topological polar surface area (TPSA) is 142 Å². The Kier molecular flexibility index (Phi) is 7.76. The van der Waals surface area contributed by atoms with E-state index in [1.807, 2.05) is 0 Å². The van der Waals surface area contributed by atoms with Crippen LogP contribution in [0.4, 0.5) is 33.3 Å². The van der Waals surface area contributed by atoms with Gasteiger partial charge in [-0.2, -0.15) is 0 Å². The molecule has 6 unspecified atom stereocenters. The Morgan fingerprint density at radius 3 is 2.12 bits per heavy atom. The molecule has 0 spiro atoms. The number of aromatic carboxylic acids is 1. The van der Waals surface area contributed by atoms with Crippen LogP contribution in [-0.4, -0.2) is 56.7 Å². The van der Waals surface area contributed by atoms with Gasteiger partial charge in [0.15, 0.2) is 33.0 Å². The van der Waals surface area contributed by atoms with Crippen molar-refractivity contribution in [3.63, 3.8) is 0 Å². The van der Waals surface area contributed by atoms with Crippen molar-refractivity contribution in [3.8, 4) is 11.5 Å². The van der Waals surface area contributed by atoms with Gasteiger partial charge in [-0.25, -0.2) is 31.6 Å². The van der Waals surface area contributed by atoms with Gasteiger partial charge in [0.05, 0.1) is 30.2 Å². The van der Waals surface area contributed by atoms with Crippen molar-refractivity contribution < 1.29 is 60.9 Å². The van der Waals surface area contributed by atoms with E-state index in [1.54, 1.807) is 0 Å². The molecular weight excluding hydrogens is 730 g/mol. The van der Waals surface area contributed by atoms with Crippen LogP contribution in [0.2, 0.25) is 0 Å². The van der Waals surface area contributed by atoms with E-state index in [0.717, 1.165) is 17.0 Å². The van der Waals surface area contributed by atoms with Crippen molar-refractivity contribution in [2.75, 3.05) is 16.9 Å². The number of ether oxygens (including phenoxy) is 1. The van der Waals surface area contributed by atoms with Crippen LogP contribution < -0.4 is 14.5 Å². The first-order valence-corrected chi connectivity index (χ1v) is 15.8. The molecule has 17 heteroatoms. The van der Waals surface area contributed by atoms with Gasteiger partial charge in [0.25, 0.3) is 11.8 Å². The molecule has 1 saturated carbocycles. The molecule has 0 aromatic heterocycles. The second-order valence-electron chi connectivity index (χ2n) is 12.5. The summed E-state index contributed by atoms with van der Waals surface area (Å²) in [6, 6.07) is 8.85. The Morgan fingerprint density at radius 2 is 1.49 bits per heavy atom. The molecule has 3 aromatic rings. The fourth-order valence-corrected chi connectivity index (χ4v) is 8.84. The number of phenols is 1. The van der Waals surface area contributed by atoms with E-state index in [1.165, 1.54) is 43.5 Å². The highest BCUT2D eigenvalue weighted by atomic mass is 35.5. The molecule has 264 valence electrons. The first kappa shape index (κ1) is 34.4. The van der Waals surface area contributed by atoms with Crippen LogP contribution in [0.5, 0.6) is 11.5 Å². The molecule has 10 nitrogen and oxygen atoms in total. The molecule has 4 aliphatic rings. The molecule has 2 aliphatic carbocycles. The zero-order valence-corrected chi connectivity index (χ0v) is 27.2. The van der Waals surface area contributed by atoms with E-state index in [4.69, 9.17) is 27.9 Å². The maximum atomic E-state index is 15.2. The van der Waals surface area contributed by atoms with Crippen molar-refractivity contribution in [1.82, 2.24) is 0 Å². The monoisotopic (exact) mass is 750 g/mol. The molecule has 4 amide bonds. The van der Waals surface area contributed by atoms with Crippen molar-refractivity contribution in [2.45, 2.75) is 28.5 Å². The lowest BCUT2D eigenvalue weighted by Crippen LogP contribution is -2.60. The van der Waals surface area contributed by atoms with Crippen LogP contribution in [0.1, 0.15) is 34.7 Å². The van der Waals surface area contributed by atoms with Gasteiger partial charge in [-0.1, -0.05) is 23.8 Å². The molecule has 3 fully saturated rings. The average molecular weight is 751 g/mol. The molecule has 7 rings (SSSR count). The number of carboxylic acids is 1. The number of alkyl halides is 2. The summed E-state index contributed by atoms with van der Waals surface area (Å²) < 4.78 is 78.8. The Bertz CT molecular complexity index is 2150. The predicted octanol–water partition coefficient (Wildman–Crippen LogP) is 5.56. The van der Waals surface area contributed by atoms with E-state index in [0.29, 0.717) is 0 Å². The van der Waals surface area contributed by atoms with Crippen molar-refractivity contribution in [2.24, 2.45) is 17.8 Å². The molecule has 2 aliphatic heterocycles. The van der Waals surface area contributed by atoms with Crippen LogP contribution in [0, 0.1) is 46.8 Å². The molecule has 3 aromatic carbocycles. The van der Waals surface area contributed by atoms with Gasteiger partial charge in [-0.05, 0) is 49.1 Å². The van der Waals surface area contributed by atoms with Crippen molar-refractivity contribution >= 4 is 64.2 Å². The lowest BCUT2D eigenvalue weighted by Gasteiger charge is -2.50. The maximum absolute atomic E-state index is 15.2. The Morgan fingerprint density at radius 1 is 0.863 bits per heavy atom. The summed E-state index contributed by atoms with van der Waals surface area (Å²) in [7, 11) is 1.18. The normalized spacial score (nSPS) is 28.4. The SMILES string of the molecule is COc1cccc(O)c1C1C2=CCC3C(=O)N(c4cccc(C(=O)O)c4)C(=O)C3C2CC2(Cl)C(=O)N(c3c(F)c(F)c(F)c(F)c3F)C(=O)C12Cl. The predicted molar refractivity (Wildman–Crippen MR) is 167 cm³/mol. The number of aromatic hydroxyl groups is 1. The van der Waals surface area contributed by atoms with Crippen LogP contribution in [0.25, 0.3) is 0 Å². The van der Waals surface area contributed by atoms with Crippen LogP contribution in [0.15, 0.2) is 54.1 Å². The number of imide groups is 2. The fraction of sp³-hybridized carbons (Fsp3) is 0.265. The fourth-order valence-electron chi connectivity index (χ4n) is 7.92. The number of carboxylic acid groups (broad SMARTS) is 1. The number of amides is 4. The number of benzene rings is 3. The van der Waals surface area contributed by atoms with Gasteiger partial charge >= 0.3 is 5.97 Å². The average Bonchev–Trinajstić information content (AvgIpc) is 3.44. The number of hydrogen-bond acceptors (Lipinski definition) is 7. The third-order valence-corrected chi connectivity index (χ3v) is 11.5. The van der Waals surface area contributed by atoms with E-state index < -0.39 is 110 Å². The Labute approximate surface area is 293 Å². The summed E-state index contributed by atoms with van der Waals surface area (Å²) >= 11 is 14.2. The van der Waals surface area contributed by atoms with Gasteiger partial charge in [0, 0.05) is 11.5 Å². The zero-order valence-electron chi connectivity index (χ0n) is 25.7. The smallest absolute Gasteiger partial charge is 0.335 e. The Hall–Kier alpha value is -5.02. The number of nitrogens with zero attached hydrogens (tertiary/aromatic N) is 2. The summed E-state index contributed by atoms with van der Waals surface area (Å²) in [5.74, 6) is -25.1. The highest BCUT2D eigenvalue weighted by Gasteiger charge is 2.77. The third kappa shape index (κ3) is 4.36. The number of methoxy groups -OCH3 is 1. The minimum atomic E-state index is -2.87. The van der Waals surface area contributed by atoms with E-state index in [2.05, 4.69) is 0 Å². The second-order valence-corrected chi connectivity index (χ2v) is 13.7. The van der Waals surface area contributed by atoms with Crippen molar-refractivity contribution in [1.29, 1.82) is 0 Å². The summed E-state index contributed by atoms with van der Waals surface area (Å²) in [6.45, 7) is 0. The molecular formula is C34H21Cl2F5N2O8. The Balaban J connectivity index is 1.45. The number of phenolic OH excluding ortho intramolecular Hbond substituents is 1. The van der Waals surface area contributed by atoms with E-state index in [-0.39, 0.29) is 39.5 Å². The van der Waals surface area contributed by atoms with Gasteiger partial charge in [-0.15, -0.1) is 23.2 Å². The summed E-state index contributed by atoms with van der Waals surface area (Å²) in [6.07, 6.45) is 0.508. The number of allylic oxidation sites excluding steroid dienone is 2. The van der Waals surface area contributed by atoms with Gasteiger partial charge < -0.3 is 14.9 Å². The lowest BCUT2D eigenvalue weighted by molar-refractivity contribution is -0.125. The molecule has 51 heavy (non-hydrogen) atoms.